The molecule has 122 valence electrons. The van der Waals surface area contributed by atoms with E-state index >= 15 is 0 Å². The van der Waals surface area contributed by atoms with Gasteiger partial charge in [-0.05, 0) is 19.8 Å². The van der Waals surface area contributed by atoms with E-state index in [-0.39, 0.29) is 0 Å². The first kappa shape index (κ1) is 16.5. The van der Waals surface area contributed by atoms with Gasteiger partial charge in [0.25, 0.3) is 0 Å². The van der Waals surface area contributed by atoms with E-state index in [0.717, 1.165) is 35.8 Å². The van der Waals surface area contributed by atoms with Gasteiger partial charge in [-0.2, -0.15) is 0 Å². The van der Waals surface area contributed by atoms with Crippen LogP contribution >= 0.6 is 0 Å². The monoisotopic (exact) mass is 305 g/mol. The summed E-state index contributed by atoms with van der Waals surface area (Å²) in [6.07, 6.45) is 5.03. The molecule has 2 aromatic heterocycles. The highest BCUT2D eigenvalue weighted by Crippen LogP contribution is 2.32. The first-order chi connectivity index (χ1) is 10.7. The molecule has 1 aliphatic rings. The van der Waals surface area contributed by atoms with Crippen LogP contribution in [0.15, 0.2) is 0 Å². The third-order valence-electron chi connectivity index (χ3n) is 3.84. The second kappa shape index (κ2) is 7.42. The SMILES string of the molecule is CC.COc1nn(C)c2nc(C)nc(N3CCCCCC3)c12. The zero-order valence-electron chi connectivity index (χ0n) is 14.4. The Morgan fingerprint density at radius 3 is 2.23 bits per heavy atom. The lowest BCUT2D eigenvalue weighted by Crippen LogP contribution is -2.25. The average molecular weight is 305 g/mol. The lowest BCUT2D eigenvalue weighted by atomic mass is 10.2. The van der Waals surface area contributed by atoms with Gasteiger partial charge >= 0.3 is 0 Å². The summed E-state index contributed by atoms with van der Waals surface area (Å²) in [7, 11) is 3.54. The first-order valence-corrected chi connectivity index (χ1v) is 8.21. The quantitative estimate of drug-likeness (QED) is 0.853. The minimum absolute atomic E-state index is 0.613. The molecule has 0 aromatic carbocycles. The summed E-state index contributed by atoms with van der Waals surface area (Å²) in [5.74, 6) is 2.36. The number of rotatable bonds is 2. The minimum atomic E-state index is 0.613. The summed E-state index contributed by atoms with van der Waals surface area (Å²) in [6.45, 7) is 8.02. The van der Waals surface area contributed by atoms with Crippen LogP contribution in [0.25, 0.3) is 11.0 Å². The van der Waals surface area contributed by atoms with Gasteiger partial charge in [0.1, 0.15) is 17.0 Å². The fourth-order valence-corrected chi connectivity index (χ4v) is 2.86. The summed E-state index contributed by atoms with van der Waals surface area (Å²) in [4.78, 5) is 11.5. The van der Waals surface area contributed by atoms with Crippen LogP contribution in [0.3, 0.4) is 0 Å². The van der Waals surface area contributed by atoms with Crippen LogP contribution < -0.4 is 9.64 Å². The summed E-state index contributed by atoms with van der Waals surface area (Å²) >= 11 is 0. The number of ether oxygens (including phenoxy) is 1. The van der Waals surface area contributed by atoms with E-state index in [9.17, 15) is 0 Å². The van der Waals surface area contributed by atoms with Crippen molar-refractivity contribution in [2.75, 3.05) is 25.1 Å². The largest absolute Gasteiger partial charge is 0.479 e. The van der Waals surface area contributed by atoms with Crippen LogP contribution in [0, 0.1) is 6.92 Å². The van der Waals surface area contributed by atoms with Crippen molar-refractivity contribution in [3.8, 4) is 5.88 Å². The molecule has 3 heterocycles. The van der Waals surface area contributed by atoms with Crippen molar-refractivity contribution < 1.29 is 4.74 Å². The molecular formula is C16H27N5O. The topological polar surface area (TPSA) is 56.1 Å². The Bertz CT molecular complexity index is 615. The maximum Gasteiger partial charge on any atom is 0.246 e. The average Bonchev–Trinajstić information content (AvgIpc) is 2.73. The fourth-order valence-electron chi connectivity index (χ4n) is 2.86. The molecule has 1 aliphatic heterocycles. The fraction of sp³-hybridized carbons (Fsp3) is 0.688. The van der Waals surface area contributed by atoms with Gasteiger partial charge in [0, 0.05) is 20.1 Å². The number of anilines is 1. The van der Waals surface area contributed by atoms with Crippen LogP contribution in [0.5, 0.6) is 5.88 Å². The summed E-state index contributed by atoms with van der Waals surface area (Å²) < 4.78 is 7.18. The number of fused-ring (bicyclic) bond motifs is 1. The molecular weight excluding hydrogens is 278 g/mol. The summed E-state index contributed by atoms with van der Waals surface area (Å²) in [5, 5.41) is 5.33. The Morgan fingerprint density at radius 2 is 1.64 bits per heavy atom. The van der Waals surface area contributed by atoms with Crippen molar-refractivity contribution in [1.29, 1.82) is 0 Å². The van der Waals surface area contributed by atoms with Crippen LogP contribution in [0.1, 0.15) is 45.4 Å². The van der Waals surface area contributed by atoms with Crippen molar-refractivity contribution in [3.05, 3.63) is 5.82 Å². The number of nitrogens with zero attached hydrogens (tertiary/aromatic N) is 5. The number of hydrogen-bond acceptors (Lipinski definition) is 5. The molecule has 0 amide bonds. The molecule has 2 aromatic rings. The maximum atomic E-state index is 5.41. The molecule has 0 unspecified atom stereocenters. The molecule has 0 bridgehead atoms. The van der Waals surface area contributed by atoms with E-state index < -0.39 is 0 Å². The van der Waals surface area contributed by atoms with Crippen molar-refractivity contribution >= 4 is 16.9 Å². The van der Waals surface area contributed by atoms with E-state index in [1.54, 1.807) is 11.8 Å². The highest BCUT2D eigenvalue weighted by atomic mass is 16.5. The van der Waals surface area contributed by atoms with Gasteiger partial charge in [-0.1, -0.05) is 26.7 Å². The minimum Gasteiger partial charge on any atom is -0.479 e. The Hall–Kier alpha value is -1.85. The van der Waals surface area contributed by atoms with E-state index in [0.29, 0.717) is 5.88 Å². The standard InChI is InChI=1S/C14H21N5O.C2H6/c1-10-15-12-11(14(20-3)17-18(12)2)13(16-10)19-8-6-4-5-7-9-19;1-2/h4-9H2,1-3H3;1-2H3. The highest BCUT2D eigenvalue weighted by molar-refractivity contribution is 5.92. The van der Waals surface area contributed by atoms with Gasteiger partial charge < -0.3 is 9.64 Å². The van der Waals surface area contributed by atoms with E-state index in [2.05, 4.69) is 20.0 Å². The van der Waals surface area contributed by atoms with Gasteiger partial charge in [-0.3, -0.25) is 0 Å². The molecule has 6 nitrogen and oxygen atoms in total. The first-order valence-electron chi connectivity index (χ1n) is 8.21. The zero-order valence-corrected chi connectivity index (χ0v) is 14.4. The molecule has 0 aliphatic carbocycles. The van der Waals surface area contributed by atoms with E-state index in [1.165, 1.54) is 25.7 Å². The van der Waals surface area contributed by atoms with Crippen LogP contribution in [0.4, 0.5) is 5.82 Å². The predicted molar refractivity (Wildman–Crippen MR) is 89.6 cm³/mol. The van der Waals surface area contributed by atoms with Crippen molar-refractivity contribution in [1.82, 2.24) is 19.7 Å². The van der Waals surface area contributed by atoms with Gasteiger partial charge in [0.15, 0.2) is 5.65 Å². The molecule has 6 heteroatoms. The van der Waals surface area contributed by atoms with Gasteiger partial charge in [0.05, 0.1) is 7.11 Å². The molecule has 22 heavy (non-hydrogen) atoms. The highest BCUT2D eigenvalue weighted by Gasteiger charge is 2.21. The lowest BCUT2D eigenvalue weighted by Gasteiger charge is -2.22. The number of aryl methyl sites for hydroxylation is 2. The Balaban J connectivity index is 0.000000847. The second-order valence-electron chi connectivity index (χ2n) is 5.33. The lowest BCUT2D eigenvalue weighted by molar-refractivity contribution is 0.396. The maximum absolute atomic E-state index is 5.41. The molecule has 0 radical (unpaired) electrons. The van der Waals surface area contributed by atoms with Gasteiger partial charge in [0.2, 0.25) is 5.88 Å². The zero-order chi connectivity index (χ0) is 16.1. The Morgan fingerprint density at radius 1 is 1.00 bits per heavy atom. The molecule has 0 atom stereocenters. The predicted octanol–water partition coefficient (Wildman–Crippen LogP) is 3.09. The number of hydrogen-bond donors (Lipinski definition) is 0. The normalized spacial score (nSPS) is 15.2. The van der Waals surface area contributed by atoms with Crippen LogP contribution in [-0.4, -0.2) is 39.9 Å². The number of aromatic nitrogens is 4. The van der Waals surface area contributed by atoms with E-state index in [4.69, 9.17) is 4.74 Å². The van der Waals surface area contributed by atoms with Crippen molar-refractivity contribution in [3.63, 3.8) is 0 Å². The third kappa shape index (κ3) is 3.15. The molecule has 1 fully saturated rings. The number of methoxy groups -OCH3 is 1. The van der Waals surface area contributed by atoms with Crippen LogP contribution in [0.2, 0.25) is 0 Å². The van der Waals surface area contributed by atoms with Crippen molar-refractivity contribution in [2.24, 2.45) is 7.05 Å². The van der Waals surface area contributed by atoms with E-state index in [1.807, 2.05) is 27.8 Å². The summed E-state index contributed by atoms with van der Waals surface area (Å²) in [6, 6.07) is 0. The van der Waals surface area contributed by atoms with Crippen LogP contribution in [-0.2, 0) is 7.05 Å². The molecule has 0 saturated carbocycles. The Kier molecular flexibility index (Phi) is 5.57. The smallest absolute Gasteiger partial charge is 0.246 e. The van der Waals surface area contributed by atoms with Gasteiger partial charge in [-0.15, -0.1) is 5.10 Å². The second-order valence-corrected chi connectivity index (χ2v) is 5.33. The Labute approximate surface area is 132 Å². The molecule has 3 rings (SSSR count). The van der Waals surface area contributed by atoms with Gasteiger partial charge in [-0.25, -0.2) is 14.6 Å². The van der Waals surface area contributed by atoms with Crippen molar-refractivity contribution in [2.45, 2.75) is 46.5 Å². The third-order valence-corrected chi connectivity index (χ3v) is 3.84. The molecule has 0 spiro atoms. The summed E-state index contributed by atoms with van der Waals surface area (Å²) in [5.41, 5.74) is 0.841. The molecule has 1 saturated heterocycles. The molecule has 0 N–H and O–H groups in total.